The minimum Gasteiger partial charge on any atom is -0.508 e. The fourth-order valence-electron chi connectivity index (χ4n) is 2.92. The lowest BCUT2D eigenvalue weighted by molar-refractivity contribution is 0.476. The van der Waals surface area contributed by atoms with E-state index in [1.165, 1.54) is 36.8 Å². The zero-order valence-corrected chi connectivity index (χ0v) is 10.8. The minimum atomic E-state index is 0.332. The van der Waals surface area contributed by atoms with E-state index in [2.05, 4.69) is 23.0 Å². The van der Waals surface area contributed by atoms with Crippen LogP contribution in [0, 0.1) is 0 Å². The van der Waals surface area contributed by atoms with E-state index >= 15 is 0 Å². The molecule has 3 rings (SSSR count). The van der Waals surface area contributed by atoms with Crippen molar-refractivity contribution in [2.45, 2.75) is 38.3 Å². The highest BCUT2D eigenvalue weighted by Gasteiger charge is 2.15. The number of hydrogen-bond acceptors (Lipinski definition) is 2. The Labute approximate surface area is 107 Å². The van der Waals surface area contributed by atoms with E-state index in [1.54, 1.807) is 6.07 Å². The molecule has 0 unspecified atom stereocenters. The van der Waals surface area contributed by atoms with Gasteiger partial charge in [0.2, 0.25) is 0 Å². The Morgan fingerprint density at radius 1 is 1.28 bits per heavy atom. The van der Waals surface area contributed by atoms with Crippen molar-refractivity contribution in [3.8, 4) is 5.75 Å². The molecular formula is C15H20N2O. The van der Waals surface area contributed by atoms with E-state index in [9.17, 15) is 5.11 Å². The summed E-state index contributed by atoms with van der Waals surface area (Å²) in [5.41, 5.74) is 2.38. The summed E-state index contributed by atoms with van der Waals surface area (Å²) >= 11 is 0. The van der Waals surface area contributed by atoms with Gasteiger partial charge in [0, 0.05) is 36.8 Å². The molecule has 2 aromatic rings. The zero-order chi connectivity index (χ0) is 12.5. The van der Waals surface area contributed by atoms with Crippen molar-refractivity contribution in [3.63, 3.8) is 0 Å². The van der Waals surface area contributed by atoms with Crippen molar-refractivity contribution in [2.75, 3.05) is 0 Å². The van der Waals surface area contributed by atoms with Crippen LogP contribution in [0.2, 0.25) is 0 Å². The van der Waals surface area contributed by atoms with Crippen molar-refractivity contribution in [3.05, 3.63) is 30.0 Å². The predicted octanol–water partition coefficient (Wildman–Crippen LogP) is 2.92. The Morgan fingerprint density at radius 3 is 2.83 bits per heavy atom. The Bertz CT molecular complexity index is 553. The maximum atomic E-state index is 9.54. The molecule has 0 radical (unpaired) electrons. The summed E-state index contributed by atoms with van der Waals surface area (Å²) in [5, 5.41) is 14.4. The average Bonchev–Trinajstić information content (AvgIpc) is 2.97. The molecule has 0 atom stereocenters. The van der Waals surface area contributed by atoms with Crippen molar-refractivity contribution >= 4 is 10.9 Å². The number of benzene rings is 1. The number of fused-ring (bicyclic) bond motifs is 1. The molecule has 0 amide bonds. The van der Waals surface area contributed by atoms with E-state index < -0.39 is 0 Å². The molecule has 1 saturated carbocycles. The van der Waals surface area contributed by atoms with Crippen molar-refractivity contribution in [2.24, 2.45) is 7.05 Å². The number of nitrogens with one attached hydrogen (secondary N) is 1. The van der Waals surface area contributed by atoms with Gasteiger partial charge in [-0.25, -0.2) is 0 Å². The van der Waals surface area contributed by atoms with Crippen LogP contribution in [0.15, 0.2) is 24.3 Å². The number of phenolic OH excluding ortho intramolecular Hbond substituents is 1. The van der Waals surface area contributed by atoms with Gasteiger partial charge in [-0.1, -0.05) is 12.8 Å². The standard InChI is InChI=1S/C15H20N2O/c1-17-13(10-16-12-4-2-3-5-12)8-11-6-7-14(18)9-15(11)17/h6-9,12,16,18H,2-5,10H2,1H3. The van der Waals surface area contributed by atoms with Crippen molar-refractivity contribution < 1.29 is 5.11 Å². The van der Waals surface area contributed by atoms with Gasteiger partial charge in [-0.2, -0.15) is 0 Å². The van der Waals surface area contributed by atoms with Gasteiger partial charge in [-0.05, 0) is 31.0 Å². The number of hydrogen-bond donors (Lipinski definition) is 2. The molecule has 1 aliphatic rings. The van der Waals surface area contributed by atoms with Crippen LogP contribution in [0.1, 0.15) is 31.4 Å². The van der Waals surface area contributed by atoms with Gasteiger partial charge in [0.1, 0.15) is 5.75 Å². The SMILES string of the molecule is Cn1c(CNC2CCCC2)cc2ccc(O)cc21. The van der Waals surface area contributed by atoms with Gasteiger partial charge in [0.05, 0.1) is 5.52 Å². The first-order valence-electron chi connectivity index (χ1n) is 6.75. The molecule has 18 heavy (non-hydrogen) atoms. The summed E-state index contributed by atoms with van der Waals surface area (Å²) in [7, 11) is 2.06. The highest BCUT2D eigenvalue weighted by Crippen LogP contribution is 2.24. The molecule has 0 aliphatic heterocycles. The van der Waals surface area contributed by atoms with Crippen molar-refractivity contribution in [1.82, 2.24) is 9.88 Å². The van der Waals surface area contributed by atoms with Crippen LogP contribution in [0.25, 0.3) is 10.9 Å². The Morgan fingerprint density at radius 2 is 2.06 bits per heavy atom. The summed E-state index contributed by atoms with van der Waals surface area (Å²) in [6.07, 6.45) is 5.34. The fraction of sp³-hybridized carbons (Fsp3) is 0.467. The average molecular weight is 244 g/mol. The predicted molar refractivity (Wildman–Crippen MR) is 73.7 cm³/mol. The summed E-state index contributed by atoms with van der Waals surface area (Å²) in [5.74, 6) is 0.332. The summed E-state index contributed by atoms with van der Waals surface area (Å²) in [6, 6.07) is 8.45. The van der Waals surface area contributed by atoms with Crippen LogP contribution < -0.4 is 5.32 Å². The van der Waals surface area contributed by atoms with E-state index in [4.69, 9.17) is 0 Å². The second-order valence-corrected chi connectivity index (χ2v) is 5.30. The highest BCUT2D eigenvalue weighted by molar-refractivity contribution is 5.82. The second kappa shape index (κ2) is 4.65. The van der Waals surface area contributed by atoms with Crippen LogP contribution in [0.3, 0.4) is 0 Å². The number of aryl methyl sites for hydroxylation is 1. The Kier molecular flexibility index (Phi) is 3.00. The Balaban J connectivity index is 1.81. The smallest absolute Gasteiger partial charge is 0.117 e. The van der Waals surface area contributed by atoms with Crippen LogP contribution >= 0.6 is 0 Å². The largest absolute Gasteiger partial charge is 0.508 e. The van der Waals surface area contributed by atoms with Crippen LogP contribution in [0.4, 0.5) is 0 Å². The molecule has 1 heterocycles. The minimum absolute atomic E-state index is 0.332. The van der Waals surface area contributed by atoms with Gasteiger partial charge in [0.15, 0.2) is 0 Å². The first-order chi connectivity index (χ1) is 8.74. The van der Waals surface area contributed by atoms with E-state index in [-0.39, 0.29) is 0 Å². The zero-order valence-electron chi connectivity index (χ0n) is 10.8. The van der Waals surface area contributed by atoms with E-state index in [1.807, 2.05) is 12.1 Å². The molecule has 3 nitrogen and oxygen atoms in total. The quantitative estimate of drug-likeness (QED) is 0.871. The maximum absolute atomic E-state index is 9.54. The Hall–Kier alpha value is -1.48. The molecule has 3 heteroatoms. The van der Waals surface area contributed by atoms with E-state index in [0.29, 0.717) is 11.8 Å². The van der Waals surface area contributed by atoms with Gasteiger partial charge in [-0.3, -0.25) is 0 Å². The fourth-order valence-corrected chi connectivity index (χ4v) is 2.92. The number of phenols is 1. The van der Waals surface area contributed by atoms with Crippen LogP contribution in [0.5, 0.6) is 5.75 Å². The summed E-state index contributed by atoms with van der Waals surface area (Å²) in [4.78, 5) is 0. The third-order valence-electron chi connectivity index (χ3n) is 4.06. The van der Waals surface area contributed by atoms with Gasteiger partial charge >= 0.3 is 0 Å². The number of rotatable bonds is 3. The molecule has 2 N–H and O–H groups in total. The number of aromatic nitrogens is 1. The monoisotopic (exact) mass is 244 g/mol. The lowest BCUT2D eigenvalue weighted by Crippen LogP contribution is -2.26. The molecule has 0 spiro atoms. The molecule has 1 aromatic carbocycles. The normalized spacial score (nSPS) is 16.7. The molecule has 1 aliphatic carbocycles. The molecular weight excluding hydrogens is 224 g/mol. The highest BCUT2D eigenvalue weighted by atomic mass is 16.3. The molecule has 96 valence electrons. The topological polar surface area (TPSA) is 37.2 Å². The molecule has 1 fully saturated rings. The number of aromatic hydroxyl groups is 1. The third-order valence-corrected chi connectivity index (χ3v) is 4.06. The van der Waals surface area contributed by atoms with Crippen LogP contribution in [-0.4, -0.2) is 15.7 Å². The third kappa shape index (κ3) is 2.10. The first kappa shape index (κ1) is 11.6. The summed E-state index contributed by atoms with van der Waals surface area (Å²) in [6.45, 7) is 0.913. The maximum Gasteiger partial charge on any atom is 0.117 e. The van der Waals surface area contributed by atoms with Crippen molar-refractivity contribution in [1.29, 1.82) is 0 Å². The van der Waals surface area contributed by atoms with Gasteiger partial charge < -0.3 is 15.0 Å². The summed E-state index contributed by atoms with van der Waals surface area (Å²) < 4.78 is 2.16. The molecule has 0 saturated heterocycles. The van der Waals surface area contributed by atoms with Crippen LogP contribution in [-0.2, 0) is 13.6 Å². The molecule has 0 bridgehead atoms. The first-order valence-corrected chi connectivity index (χ1v) is 6.75. The van der Waals surface area contributed by atoms with Gasteiger partial charge in [-0.15, -0.1) is 0 Å². The number of nitrogens with zero attached hydrogens (tertiary/aromatic N) is 1. The second-order valence-electron chi connectivity index (χ2n) is 5.30. The van der Waals surface area contributed by atoms with E-state index in [0.717, 1.165) is 12.1 Å². The lowest BCUT2D eigenvalue weighted by atomic mass is 10.2. The molecule has 1 aromatic heterocycles. The van der Waals surface area contributed by atoms with Gasteiger partial charge in [0.25, 0.3) is 0 Å². The lowest BCUT2D eigenvalue weighted by Gasteiger charge is -2.12.